The third kappa shape index (κ3) is 4.09. The Bertz CT molecular complexity index is 425. The lowest BCUT2D eigenvalue weighted by atomic mass is 9.99. The van der Waals surface area contributed by atoms with Gasteiger partial charge in [0, 0.05) is 28.7 Å². The summed E-state index contributed by atoms with van der Waals surface area (Å²) in [6.07, 6.45) is 3.46. The Kier molecular flexibility index (Phi) is 5.52. The Labute approximate surface area is 125 Å². The number of hydrogen-bond acceptors (Lipinski definition) is 2. The van der Waals surface area contributed by atoms with Gasteiger partial charge in [-0.3, -0.25) is 0 Å². The fourth-order valence-electron chi connectivity index (χ4n) is 2.65. The molecule has 3 unspecified atom stereocenters. The Morgan fingerprint density at radius 1 is 1.42 bits per heavy atom. The van der Waals surface area contributed by atoms with Crippen LogP contribution in [0.1, 0.15) is 44.7 Å². The van der Waals surface area contributed by atoms with Crippen molar-refractivity contribution in [3.8, 4) is 0 Å². The van der Waals surface area contributed by atoms with Crippen LogP contribution in [0.15, 0.2) is 18.2 Å². The van der Waals surface area contributed by atoms with E-state index in [1.165, 1.54) is 0 Å². The Hall–Kier alpha value is -0.280. The first-order chi connectivity index (χ1) is 9.10. The predicted octanol–water partition coefficient (Wildman–Crippen LogP) is 4.60. The largest absolute Gasteiger partial charge is 0.378 e. The van der Waals surface area contributed by atoms with Gasteiger partial charge < -0.3 is 10.1 Å². The van der Waals surface area contributed by atoms with Crippen molar-refractivity contribution in [2.75, 3.05) is 6.61 Å². The van der Waals surface area contributed by atoms with Crippen molar-refractivity contribution in [2.24, 2.45) is 0 Å². The molecule has 1 saturated heterocycles. The van der Waals surface area contributed by atoms with Gasteiger partial charge in [0.05, 0.1) is 6.10 Å². The highest BCUT2D eigenvalue weighted by Gasteiger charge is 2.23. The molecule has 0 radical (unpaired) electrons. The van der Waals surface area contributed by atoms with Crippen LogP contribution < -0.4 is 5.32 Å². The quantitative estimate of drug-likeness (QED) is 0.877. The van der Waals surface area contributed by atoms with Crippen LogP contribution >= 0.6 is 23.2 Å². The molecule has 2 rings (SSSR count). The van der Waals surface area contributed by atoms with Gasteiger partial charge in [-0.25, -0.2) is 0 Å². The van der Waals surface area contributed by atoms with Gasteiger partial charge in [-0.2, -0.15) is 0 Å². The summed E-state index contributed by atoms with van der Waals surface area (Å²) in [4.78, 5) is 0. The minimum Gasteiger partial charge on any atom is -0.378 e. The van der Waals surface area contributed by atoms with Gasteiger partial charge in [0.15, 0.2) is 0 Å². The van der Waals surface area contributed by atoms with Gasteiger partial charge in [0.25, 0.3) is 0 Å². The number of rotatable bonds is 4. The molecular weight excluding hydrogens is 281 g/mol. The normalized spacial score (nSPS) is 25.3. The molecule has 106 valence electrons. The average Bonchev–Trinajstić information content (AvgIpc) is 2.37. The first-order valence-electron chi connectivity index (χ1n) is 6.92. The van der Waals surface area contributed by atoms with Crippen LogP contribution in [0.4, 0.5) is 0 Å². The highest BCUT2D eigenvalue weighted by Crippen LogP contribution is 2.29. The van der Waals surface area contributed by atoms with E-state index in [2.05, 4.69) is 19.2 Å². The molecule has 0 amide bonds. The van der Waals surface area contributed by atoms with Crippen LogP contribution in [0.25, 0.3) is 0 Å². The van der Waals surface area contributed by atoms with Crippen molar-refractivity contribution in [3.63, 3.8) is 0 Å². The summed E-state index contributed by atoms with van der Waals surface area (Å²) in [5.41, 5.74) is 1.13. The van der Waals surface area contributed by atoms with Crippen LogP contribution in [0.5, 0.6) is 0 Å². The minimum atomic E-state index is 0.278. The molecular formula is C15H21Cl2NO. The molecule has 0 bridgehead atoms. The smallest absolute Gasteiger partial charge is 0.0561 e. The molecule has 1 N–H and O–H groups in total. The summed E-state index contributed by atoms with van der Waals surface area (Å²) in [6.45, 7) is 5.14. The second-order valence-electron chi connectivity index (χ2n) is 5.20. The summed E-state index contributed by atoms with van der Waals surface area (Å²) in [5, 5.41) is 5.13. The van der Waals surface area contributed by atoms with Crippen LogP contribution in [0, 0.1) is 0 Å². The molecule has 0 spiro atoms. The Morgan fingerprint density at radius 2 is 2.21 bits per heavy atom. The molecule has 1 heterocycles. The zero-order valence-corrected chi connectivity index (χ0v) is 13.0. The third-order valence-electron chi connectivity index (χ3n) is 3.67. The third-order valence-corrected chi connectivity index (χ3v) is 4.23. The van der Waals surface area contributed by atoms with Crippen molar-refractivity contribution in [1.82, 2.24) is 5.32 Å². The average molecular weight is 302 g/mol. The Balaban J connectivity index is 2.07. The first kappa shape index (κ1) is 15.1. The summed E-state index contributed by atoms with van der Waals surface area (Å²) < 4.78 is 5.58. The molecule has 0 aliphatic carbocycles. The van der Waals surface area contributed by atoms with Crippen LogP contribution in [0.3, 0.4) is 0 Å². The van der Waals surface area contributed by atoms with Gasteiger partial charge in [-0.1, -0.05) is 36.2 Å². The molecule has 0 saturated carbocycles. The van der Waals surface area contributed by atoms with Crippen molar-refractivity contribution in [3.05, 3.63) is 33.8 Å². The van der Waals surface area contributed by atoms with Gasteiger partial charge in [0.1, 0.15) is 0 Å². The van der Waals surface area contributed by atoms with E-state index in [1.807, 2.05) is 18.2 Å². The van der Waals surface area contributed by atoms with Crippen LogP contribution in [-0.4, -0.2) is 18.8 Å². The van der Waals surface area contributed by atoms with E-state index in [-0.39, 0.29) is 6.04 Å². The molecule has 1 aromatic carbocycles. The number of benzene rings is 1. The summed E-state index contributed by atoms with van der Waals surface area (Å²) in [5.74, 6) is 0. The van der Waals surface area contributed by atoms with Crippen molar-refractivity contribution < 1.29 is 4.74 Å². The van der Waals surface area contributed by atoms with Crippen molar-refractivity contribution in [2.45, 2.75) is 51.3 Å². The number of hydrogen-bond donors (Lipinski definition) is 1. The van der Waals surface area contributed by atoms with Crippen molar-refractivity contribution in [1.29, 1.82) is 0 Å². The van der Waals surface area contributed by atoms with E-state index in [0.717, 1.165) is 36.5 Å². The zero-order valence-electron chi connectivity index (χ0n) is 11.5. The van der Waals surface area contributed by atoms with E-state index in [9.17, 15) is 0 Å². The highest BCUT2D eigenvalue weighted by molar-refractivity contribution is 6.35. The standard InChI is InChI=1S/C15H21Cl2NO/c1-3-15(13-5-4-11(16)9-14(13)17)18-12-6-7-19-10(2)8-12/h4-5,9-10,12,15,18H,3,6-8H2,1-2H3. The van der Waals surface area contributed by atoms with Crippen molar-refractivity contribution >= 4 is 23.2 Å². The highest BCUT2D eigenvalue weighted by atomic mass is 35.5. The van der Waals surface area contributed by atoms with E-state index < -0.39 is 0 Å². The summed E-state index contributed by atoms with van der Waals surface area (Å²) >= 11 is 12.3. The molecule has 4 heteroatoms. The van der Waals surface area contributed by atoms with E-state index in [0.29, 0.717) is 17.2 Å². The summed E-state index contributed by atoms with van der Waals surface area (Å²) in [7, 11) is 0. The summed E-state index contributed by atoms with van der Waals surface area (Å²) in [6, 6.07) is 6.52. The number of ether oxygens (including phenoxy) is 1. The SMILES string of the molecule is CCC(NC1CCOC(C)C1)c1ccc(Cl)cc1Cl. The van der Waals surface area contributed by atoms with Crippen LogP contribution in [-0.2, 0) is 4.74 Å². The monoisotopic (exact) mass is 301 g/mol. The number of nitrogens with one attached hydrogen (secondary N) is 1. The Morgan fingerprint density at radius 3 is 2.84 bits per heavy atom. The first-order valence-corrected chi connectivity index (χ1v) is 7.68. The van der Waals surface area contributed by atoms with Gasteiger partial charge in [-0.05, 0) is 43.9 Å². The van der Waals surface area contributed by atoms with E-state index in [1.54, 1.807) is 0 Å². The molecule has 1 aliphatic heterocycles. The second-order valence-corrected chi connectivity index (χ2v) is 6.04. The zero-order chi connectivity index (χ0) is 13.8. The minimum absolute atomic E-state index is 0.278. The second kappa shape index (κ2) is 6.94. The molecule has 2 nitrogen and oxygen atoms in total. The molecule has 1 fully saturated rings. The molecule has 3 atom stereocenters. The van der Waals surface area contributed by atoms with E-state index >= 15 is 0 Å². The van der Waals surface area contributed by atoms with Crippen LogP contribution in [0.2, 0.25) is 10.0 Å². The van der Waals surface area contributed by atoms with Gasteiger partial charge >= 0.3 is 0 Å². The molecule has 19 heavy (non-hydrogen) atoms. The fraction of sp³-hybridized carbons (Fsp3) is 0.600. The predicted molar refractivity (Wildman–Crippen MR) is 81.1 cm³/mol. The molecule has 1 aromatic rings. The maximum absolute atomic E-state index is 6.30. The lowest BCUT2D eigenvalue weighted by molar-refractivity contribution is 0.0111. The lowest BCUT2D eigenvalue weighted by Gasteiger charge is -2.31. The molecule has 0 aromatic heterocycles. The number of halogens is 2. The maximum atomic E-state index is 6.30. The fourth-order valence-corrected chi connectivity index (χ4v) is 3.19. The molecule has 1 aliphatic rings. The lowest BCUT2D eigenvalue weighted by Crippen LogP contribution is -2.39. The van der Waals surface area contributed by atoms with Gasteiger partial charge in [-0.15, -0.1) is 0 Å². The topological polar surface area (TPSA) is 21.3 Å². The van der Waals surface area contributed by atoms with Gasteiger partial charge in [0.2, 0.25) is 0 Å². The maximum Gasteiger partial charge on any atom is 0.0561 e. The van der Waals surface area contributed by atoms with E-state index in [4.69, 9.17) is 27.9 Å².